The van der Waals surface area contributed by atoms with Crippen molar-refractivity contribution in [1.82, 2.24) is 0 Å². The quantitative estimate of drug-likeness (QED) is 0.847. The number of carboxylic acids is 1. The molecule has 0 bridgehead atoms. The zero-order chi connectivity index (χ0) is 11.4. The minimum atomic E-state index is -2.68. The first kappa shape index (κ1) is 11.9. The molecule has 0 aliphatic carbocycles. The van der Waals surface area contributed by atoms with Crippen LogP contribution in [0.25, 0.3) is 0 Å². The third kappa shape index (κ3) is 3.49. The Morgan fingerprint density at radius 2 is 1.80 bits per heavy atom. The molecular weight excluding hydrogens is 284 g/mol. The number of halogens is 1. The predicted molar refractivity (Wildman–Crippen MR) is 59.4 cm³/mol. The lowest BCUT2D eigenvalue weighted by Crippen LogP contribution is -2.16. The van der Waals surface area contributed by atoms with Gasteiger partial charge in [-0.2, -0.15) is 8.42 Å². The molecule has 1 aromatic carbocycles. The number of hydrogen-bond donors (Lipinski definition) is 1. The first-order valence-electron chi connectivity index (χ1n) is 3.93. The fourth-order valence-electron chi connectivity index (χ4n) is 0.993. The molecular formula is C9H7BrO4S. The van der Waals surface area contributed by atoms with E-state index in [-0.39, 0.29) is 6.42 Å². The summed E-state index contributed by atoms with van der Waals surface area (Å²) in [4.78, 5) is 10.0. The van der Waals surface area contributed by atoms with E-state index < -0.39 is 21.1 Å². The Labute approximate surface area is 96.2 Å². The van der Waals surface area contributed by atoms with E-state index in [1.165, 1.54) is 0 Å². The average Bonchev–Trinajstić information content (AvgIpc) is 2.15. The third-order valence-electron chi connectivity index (χ3n) is 1.72. The van der Waals surface area contributed by atoms with Crippen LogP contribution in [0.5, 0.6) is 0 Å². The maximum absolute atomic E-state index is 10.6. The van der Waals surface area contributed by atoms with E-state index in [4.69, 9.17) is 5.11 Å². The van der Waals surface area contributed by atoms with Crippen LogP contribution in [0.4, 0.5) is 0 Å². The minimum Gasteiger partial charge on any atom is -0.477 e. The van der Waals surface area contributed by atoms with Crippen LogP contribution in [0.1, 0.15) is 5.56 Å². The molecule has 4 nitrogen and oxygen atoms in total. The molecule has 80 valence electrons. The fraction of sp³-hybridized carbons (Fsp3) is 0.111. The second-order valence-electron chi connectivity index (χ2n) is 2.77. The number of carboxylic acid groups (broad SMARTS) is 1. The Bertz CT molecular complexity index is 493. The number of aliphatic carboxylic acids is 1. The molecule has 0 amide bonds. The van der Waals surface area contributed by atoms with Crippen LogP contribution in [0.2, 0.25) is 0 Å². The Morgan fingerprint density at radius 3 is 2.20 bits per heavy atom. The molecule has 0 aliphatic heterocycles. The van der Waals surface area contributed by atoms with E-state index in [0.717, 1.165) is 4.47 Å². The van der Waals surface area contributed by atoms with E-state index in [9.17, 15) is 13.2 Å². The minimum absolute atomic E-state index is 0.0985. The highest BCUT2D eigenvalue weighted by atomic mass is 79.9. The topological polar surface area (TPSA) is 71.4 Å². The normalized spacial score (nSPS) is 9.67. The summed E-state index contributed by atoms with van der Waals surface area (Å²) >= 11 is 3.22. The van der Waals surface area contributed by atoms with Gasteiger partial charge in [-0.05, 0) is 17.7 Å². The van der Waals surface area contributed by atoms with Crippen LogP contribution in [0.15, 0.2) is 28.7 Å². The van der Waals surface area contributed by atoms with Crippen molar-refractivity contribution >= 4 is 37.1 Å². The highest BCUT2D eigenvalue weighted by molar-refractivity contribution is 9.10. The van der Waals surface area contributed by atoms with E-state index in [2.05, 4.69) is 15.9 Å². The molecule has 0 heterocycles. The first-order chi connectivity index (χ1) is 7.00. The number of rotatable bonds is 3. The van der Waals surface area contributed by atoms with Crippen molar-refractivity contribution in [3.63, 3.8) is 0 Å². The van der Waals surface area contributed by atoms with E-state index in [1.54, 1.807) is 24.3 Å². The summed E-state index contributed by atoms with van der Waals surface area (Å²) in [7, 11) is -2.68. The van der Waals surface area contributed by atoms with Gasteiger partial charge in [-0.15, -0.1) is 0 Å². The molecule has 0 atom stereocenters. The third-order valence-corrected chi connectivity index (χ3v) is 2.97. The molecule has 1 rings (SSSR count). The molecule has 6 heteroatoms. The van der Waals surface area contributed by atoms with Gasteiger partial charge in [-0.1, -0.05) is 28.1 Å². The second-order valence-corrected chi connectivity index (χ2v) is 4.64. The summed E-state index contributed by atoms with van der Waals surface area (Å²) in [6.07, 6.45) is -0.0985. The van der Waals surface area contributed by atoms with Gasteiger partial charge >= 0.3 is 5.97 Å². The lowest BCUT2D eigenvalue weighted by atomic mass is 10.1. The molecule has 0 fully saturated rings. The molecule has 0 aromatic heterocycles. The SMILES string of the molecule is O=C(O)C(Cc1ccc(Br)cc1)=S(=O)=O. The van der Waals surface area contributed by atoms with Crippen molar-refractivity contribution in [2.75, 3.05) is 0 Å². The van der Waals surface area contributed by atoms with Crippen molar-refractivity contribution < 1.29 is 18.3 Å². The second kappa shape index (κ2) is 5.09. The van der Waals surface area contributed by atoms with Crippen molar-refractivity contribution in [3.8, 4) is 0 Å². The van der Waals surface area contributed by atoms with E-state index in [0.29, 0.717) is 5.56 Å². The standard InChI is InChI=1S/C9H7BrO4S/c10-7-3-1-6(2-4-7)5-8(9(11)12)15(13)14/h1-4H,5H2,(H,11,12). The van der Waals surface area contributed by atoms with Crippen LogP contribution in [0, 0.1) is 0 Å². The molecule has 0 saturated carbocycles. The van der Waals surface area contributed by atoms with Crippen LogP contribution in [-0.4, -0.2) is 24.4 Å². The summed E-state index contributed by atoms with van der Waals surface area (Å²) < 4.78 is 22.0. The summed E-state index contributed by atoms with van der Waals surface area (Å²) in [5.74, 6) is -1.41. The molecule has 1 aromatic rings. The summed E-state index contributed by atoms with van der Waals surface area (Å²) in [5, 5.41) is 8.62. The summed E-state index contributed by atoms with van der Waals surface area (Å²) in [6.45, 7) is 0. The van der Waals surface area contributed by atoms with Crippen LogP contribution in [0.3, 0.4) is 0 Å². The van der Waals surface area contributed by atoms with Crippen LogP contribution < -0.4 is 0 Å². The van der Waals surface area contributed by atoms with Crippen LogP contribution >= 0.6 is 15.9 Å². The molecule has 15 heavy (non-hydrogen) atoms. The highest BCUT2D eigenvalue weighted by Crippen LogP contribution is 2.11. The zero-order valence-corrected chi connectivity index (χ0v) is 9.88. The van der Waals surface area contributed by atoms with Gasteiger partial charge in [0.1, 0.15) is 0 Å². The van der Waals surface area contributed by atoms with Gasteiger partial charge < -0.3 is 5.11 Å². The maximum atomic E-state index is 10.6. The lowest BCUT2D eigenvalue weighted by molar-refractivity contribution is -0.129. The van der Waals surface area contributed by atoms with Crippen molar-refractivity contribution in [2.45, 2.75) is 6.42 Å². The molecule has 0 aliphatic rings. The predicted octanol–water partition coefficient (Wildman–Crippen LogP) is 1.13. The van der Waals surface area contributed by atoms with Gasteiger partial charge in [0.05, 0.1) is 0 Å². The Morgan fingerprint density at radius 1 is 1.27 bits per heavy atom. The Balaban J connectivity index is 3.00. The highest BCUT2D eigenvalue weighted by Gasteiger charge is 2.11. The number of carbonyl (C=O) groups is 1. The van der Waals surface area contributed by atoms with Crippen molar-refractivity contribution in [3.05, 3.63) is 34.3 Å². The maximum Gasteiger partial charge on any atom is 0.347 e. The van der Waals surface area contributed by atoms with Crippen molar-refractivity contribution in [1.29, 1.82) is 0 Å². The zero-order valence-electron chi connectivity index (χ0n) is 7.47. The summed E-state index contributed by atoms with van der Waals surface area (Å²) in [5.41, 5.74) is 0.639. The molecule has 0 radical (unpaired) electrons. The van der Waals surface area contributed by atoms with Gasteiger partial charge in [-0.3, -0.25) is 0 Å². The average molecular weight is 291 g/mol. The van der Waals surface area contributed by atoms with Gasteiger partial charge in [0.25, 0.3) is 0 Å². The Hall–Kier alpha value is -1.14. The number of hydrogen-bond acceptors (Lipinski definition) is 3. The van der Waals surface area contributed by atoms with Gasteiger partial charge in [0, 0.05) is 10.9 Å². The Kier molecular flexibility index (Phi) is 4.05. The molecule has 1 N–H and O–H groups in total. The number of benzene rings is 1. The molecule has 0 spiro atoms. The van der Waals surface area contributed by atoms with Gasteiger partial charge in [0.15, 0.2) is 4.86 Å². The lowest BCUT2D eigenvalue weighted by Gasteiger charge is -1.98. The van der Waals surface area contributed by atoms with Crippen molar-refractivity contribution in [2.24, 2.45) is 0 Å². The first-order valence-corrected chi connectivity index (χ1v) is 5.80. The van der Waals surface area contributed by atoms with Gasteiger partial charge in [-0.25, -0.2) is 4.79 Å². The van der Waals surface area contributed by atoms with E-state index in [1.807, 2.05) is 0 Å². The summed E-state index contributed by atoms with van der Waals surface area (Å²) in [6, 6.07) is 6.78. The molecule has 0 unspecified atom stereocenters. The van der Waals surface area contributed by atoms with E-state index >= 15 is 0 Å². The van der Waals surface area contributed by atoms with Crippen LogP contribution in [-0.2, 0) is 21.5 Å². The monoisotopic (exact) mass is 290 g/mol. The smallest absolute Gasteiger partial charge is 0.347 e. The van der Waals surface area contributed by atoms with Gasteiger partial charge in [0.2, 0.25) is 10.3 Å². The molecule has 0 saturated heterocycles. The fourth-order valence-corrected chi connectivity index (χ4v) is 1.68. The largest absolute Gasteiger partial charge is 0.477 e.